The van der Waals surface area contributed by atoms with Crippen molar-refractivity contribution >= 4 is 22.9 Å². The lowest BCUT2D eigenvalue weighted by molar-refractivity contribution is 0.0303. The van der Waals surface area contributed by atoms with Crippen molar-refractivity contribution in [3.63, 3.8) is 0 Å². The molecule has 0 saturated heterocycles. The standard InChI is InChI=1S/C24H36N6O2/c1-6-7-8-12-30-15-27-19-21(25-14-18-11-9-10-16(2)20(18)31)28-23(29-22(19)30)26-13-17(3)24(4,5)32/h9-11,15,17,31-32H,6-8,12-14H2,1-5H3,(H2,25,26,28,29). The van der Waals surface area contributed by atoms with E-state index in [2.05, 4.69) is 32.1 Å². The van der Waals surface area contributed by atoms with Gasteiger partial charge in [-0.05, 0) is 32.8 Å². The van der Waals surface area contributed by atoms with Gasteiger partial charge in [-0.3, -0.25) is 0 Å². The predicted octanol–water partition coefficient (Wildman–Crippen LogP) is 4.46. The number of nitrogens with zero attached hydrogens (tertiary/aromatic N) is 4. The van der Waals surface area contributed by atoms with Gasteiger partial charge in [0.05, 0.1) is 11.9 Å². The number of aromatic nitrogens is 4. The predicted molar refractivity (Wildman–Crippen MR) is 129 cm³/mol. The molecule has 174 valence electrons. The van der Waals surface area contributed by atoms with Gasteiger partial charge in [-0.15, -0.1) is 0 Å². The van der Waals surface area contributed by atoms with Crippen LogP contribution in [0.5, 0.6) is 5.75 Å². The normalized spacial score (nSPS) is 12.8. The van der Waals surface area contributed by atoms with E-state index in [-0.39, 0.29) is 11.7 Å². The maximum Gasteiger partial charge on any atom is 0.226 e. The summed E-state index contributed by atoms with van der Waals surface area (Å²) in [6.07, 6.45) is 5.17. The molecule has 4 N–H and O–H groups in total. The van der Waals surface area contributed by atoms with Crippen molar-refractivity contribution < 1.29 is 10.2 Å². The van der Waals surface area contributed by atoms with Gasteiger partial charge in [-0.25, -0.2) is 4.98 Å². The molecule has 0 radical (unpaired) electrons. The van der Waals surface area contributed by atoms with Crippen LogP contribution in [0.3, 0.4) is 0 Å². The third-order valence-corrected chi connectivity index (χ3v) is 6.01. The molecule has 1 atom stereocenters. The van der Waals surface area contributed by atoms with Gasteiger partial charge in [0.1, 0.15) is 5.75 Å². The summed E-state index contributed by atoms with van der Waals surface area (Å²) in [4.78, 5) is 14.0. The van der Waals surface area contributed by atoms with E-state index in [1.165, 1.54) is 0 Å². The van der Waals surface area contributed by atoms with Gasteiger partial charge < -0.3 is 25.4 Å². The van der Waals surface area contributed by atoms with Crippen molar-refractivity contribution in [2.24, 2.45) is 5.92 Å². The summed E-state index contributed by atoms with van der Waals surface area (Å²) >= 11 is 0. The van der Waals surface area contributed by atoms with Crippen molar-refractivity contribution in [3.8, 4) is 5.75 Å². The lowest BCUT2D eigenvalue weighted by atomic mass is 9.93. The van der Waals surface area contributed by atoms with E-state index < -0.39 is 5.60 Å². The van der Waals surface area contributed by atoms with E-state index >= 15 is 0 Å². The molecule has 2 heterocycles. The minimum absolute atomic E-state index is 0.0110. The number of aryl methyl sites for hydroxylation is 2. The molecular formula is C24H36N6O2. The van der Waals surface area contributed by atoms with Gasteiger partial charge in [0.25, 0.3) is 0 Å². The number of benzene rings is 1. The molecule has 3 aromatic rings. The molecule has 0 amide bonds. The van der Waals surface area contributed by atoms with Crippen molar-refractivity contribution in [3.05, 3.63) is 35.7 Å². The number of phenolic OH excluding ortho intramolecular Hbond substituents is 1. The Kier molecular flexibility index (Phi) is 7.56. The highest BCUT2D eigenvalue weighted by Gasteiger charge is 2.22. The molecular weight excluding hydrogens is 404 g/mol. The number of nitrogens with one attached hydrogen (secondary N) is 2. The van der Waals surface area contributed by atoms with Crippen molar-refractivity contribution in [2.75, 3.05) is 17.2 Å². The number of fused-ring (bicyclic) bond motifs is 1. The van der Waals surface area contributed by atoms with E-state index in [1.807, 2.05) is 38.4 Å². The zero-order valence-electron chi connectivity index (χ0n) is 19.8. The minimum Gasteiger partial charge on any atom is -0.507 e. The molecule has 0 aliphatic carbocycles. The highest BCUT2D eigenvalue weighted by molar-refractivity contribution is 5.84. The minimum atomic E-state index is -0.803. The van der Waals surface area contributed by atoms with Gasteiger partial charge in [0.15, 0.2) is 17.0 Å². The first-order valence-electron chi connectivity index (χ1n) is 11.4. The van der Waals surface area contributed by atoms with E-state index in [4.69, 9.17) is 4.98 Å². The van der Waals surface area contributed by atoms with Crippen molar-refractivity contribution in [1.29, 1.82) is 0 Å². The van der Waals surface area contributed by atoms with Crippen LogP contribution in [0.25, 0.3) is 11.2 Å². The Bertz CT molecular complexity index is 1040. The first kappa shape index (κ1) is 23.8. The Hall–Kier alpha value is -2.87. The number of aromatic hydroxyl groups is 1. The summed E-state index contributed by atoms with van der Waals surface area (Å²) in [5, 5.41) is 27.2. The molecule has 2 aromatic heterocycles. The van der Waals surface area contributed by atoms with Crippen LogP contribution in [-0.2, 0) is 13.1 Å². The fourth-order valence-corrected chi connectivity index (χ4v) is 3.38. The lowest BCUT2D eigenvalue weighted by Crippen LogP contribution is -2.33. The molecule has 0 fully saturated rings. The molecule has 1 unspecified atom stereocenters. The smallest absolute Gasteiger partial charge is 0.226 e. The van der Waals surface area contributed by atoms with Crippen LogP contribution in [0, 0.1) is 12.8 Å². The number of hydrogen-bond acceptors (Lipinski definition) is 7. The summed E-state index contributed by atoms with van der Waals surface area (Å²) in [7, 11) is 0. The molecule has 0 spiro atoms. The van der Waals surface area contributed by atoms with Crippen LogP contribution < -0.4 is 10.6 Å². The molecule has 32 heavy (non-hydrogen) atoms. The fraction of sp³-hybridized carbons (Fsp3) is 0.542. The van der Waals surface area contributed by atoms with E-state index in [9.17, 15) is 10.2 Å². The topological polar surface area (TPSA) is 108 Å². The molecule has 3 rings (SSSR count). The fourth-order valence-electron chi connectivity index (χ4n) is 3.38. The van der Waals surface area contributed by atoms with E-state index in [1.54, 1.807) is 13.8 Å². The highest BCUT2D eigenvalue weighted by Crippen LogP contribution is 2.26. The van der Waals surface area contributed by atoms with Gasteiger partial charge in [0.2, 0.25) is 5.95 Å². The zero-order valence-corrected chi connectivity index (χ0v) is 19.8. The van der Waals surface area contributed by atoms with Crippen LogP contribution in [0.4, 0.5) is 11.8 Å². The summed E-state index contributed by atoms with van der Waals surface area (Å²) in [6, 6.07) is 5.70. The number of unbranched alkanes of at least 4 members (excludes halogenated alkanes) is 2. The number of anilines is 2. The molecule has 1 aromatic carbocycles. The number of para-hydroxylation sites is 1. The first-order chi connectivity index (χ1) is 15.2. The zero-order chi connectivity index (χ0) is 23.3. The summed E-state index contributed by atoms with van der Waals surface area (Å²) in [5.74, 6) is 1.40. The first-order valence-corrected chi connectivity index (χ1v) is 11.4. The molecule has 0 bridgehead atoms. The average Bonchev–Trinajstić information content (AvgIpc) is 3.15. The number of imidazole rings is 1. The third-order valence-electron chi connectivity index (χ3n) is 6.01. The average molecular weight is 441 g/mol. The maximum atomic E-state index is 10.4. The molecule has 0 aliphatic heterocycles. The third kappa shape index (κ3) is 5.68. The Labute approximate surface area is 190 Å². The SMILES string of the molecule is CCCCCn1cnc2c(NCc3cccc(C)c3O)nc(NCC(C)C(C)(C)O)nc21. The van der Waals surface area contributed by atoms with Crippen LogP contribution in [0.1, 0.15) is 58.1 Å². The van der Waals surface area contributed by atoms with E-state index in [0.717, 1.165) is 42.6 Å². The largest absolute Gasteiger partial charge is 0.507 e. The van der Waals surface area contributed by atoms with Gasteiger partial charge in [-0.1, -0.05) is 44.9 Å². The quantitative estimate of drug-likeness (QED) is 0.326. The van der Waals surface area contributed by atoms with Gasteiger partial charge in [0, 0.05) is 31.1 Å². The Morgan fingerprint density at radius 1 is 1.16 bits per heavy atom. The van der Waals surface area contributed by atoms with E-state index in [0.29, 0.717) is 30.4 Å². The monoisotopic (exact) mass is 440 g/mol. The second-order valence-corrected chi connectivity index (χ2v) is 9.08. The number of aliphatic hydroxyl groups is 1. The molecule has 8 nitrogen and oxygen atoms in total. The lowest BCUT2D eigenvalue weighted by Gasteiger charge is -2.26. The molecule has 0 saturated carbocycles. The molecule has 8 heteroatoms. The number of phenols is 1. The second-order valence-electron chi connectivity index (χ2n) is 9.08. The summed E-state index contributed by atoms with van der Waals surface area (Å²) < 4.78 is 2.06. The van der Waals surface area contributed by atoms with Crippen molar-refractivity contribution in [1.82, 2.24) is 19.5 Å². The van der Waals surface area contributed by atoms with Crippen molar-refractivity contribution in [2.45, 2.75) is 72.6 Å². The highest BCUT2D eigenvalue weighted by atomic mass is 16.3. The second kappa shape index (κ2) is 10.2. The Balaban J connectivity index is 1.89. The van der Waals surface area contributed by atoms with Gasteiger partial charge >= 0.3 is 0 Å². The van der Waals surface area contributed by atoms with Crippen LogP contribution in [0.2, 0.25) is 0 Å². The summed E-state index contributed by atoms with van der Waals surface area (Å²) in [6.45, 7) is 11.5. The number of hydrogen-bond donors (Lipinski definition) is 4. The Morgan fingerprint density at radius 3 is 2.66 bits per heavy atom. The van der Waals surface area contributed by atoms with Gasteiger partial charge in [-0.2, -0.15) is 9.97 Å². The maximum absolute atomic E-state index is 10.4. The summed E-state index contributed by atoms with van der Waals surface area (Å²) in [5.41, 5.74) is 2.30. The Morgan fingerprint density at radius 2 is 1.94 bits per heavy atom. The number of rotatable bonds is 11. The molecule has 0 aliphatic rings. The van der Waals surface area contributed by atoms with Crippen LogP contribution in [0.15, 0.2) is 24.5 Å². The van der Waals surface area contributed by atoms with Crippen LogP contribution in [-0.4, -0.2) is 41.9 Å². The van der Waals surface area contributed by atoms with Crippen LogP contribution >= 0.6 is 0 Å².